The SMILES string of the molecule is c1ccc(-c2cc(-c3ccc4c(c3)-c3c(sc5ccccc35)C43c4ccccc4-c4ccccc43)nc(-c3cccc4ccccc34)n2)cc1. The van der Waals surface area contributed by atoms with E-state index in [-0.39, 0.29) is 5.41 Å². The van der Waals surface area contributed by atoms with Crippen LogP contribution in [-0.2, 0) is 5.41 Å². The number of hydrogen-bond donors (Lipinski definition) is 0. The van der Waals surface area contributed by atoms with Crippen molar-refractivity contribution in [2.24, 2.45) is 0 Å². The molecule has 0 saturated heterocycles. The van der Waals surface area contributed by atoms with Crippen LogP contribution in [0.5, 0.6) is 0 Å². The van der Waals surface area contributed by atoms with Crippen LogP contribution >= 0.6 is 11.3 Å². The quantitative estimate of drug-likeness (QED) is 0.190. The van der Waals surface area contributed by atoms with Gasteiger partial charge in [-0.2, -0.15) is 0 Å². The largest absolute Gasteiger partial charge is 0.228 e. The summed E-state index contributed by atoms with van der Waals surface area (Å²) in [5, 5.41) is 3.64. The molecule has 0 fully saturated rings. The van der Waals surface area contributed by atoms with E-state index >= 15 is 0 Å². The molecule has 232 valence electrons. The van der Waals surface area contributed by atoms with Gasteiger partial charge in [0.2, 0.25) is 0 Å². The molecule has 2 nitrogen and oxygen atoms in total. The smallest absolute Gasteiger partial charge is 0.161 e. The molecule has 2 aliphatic carbocycles. The van der Waals surface area contributed by atoms with Gasteiger partial charge in [-0.1, -0.05) is 152 Å². The molecule has 0 amide bonds. The average Bonchev–Trinajstić information content (AvgIpc) is 3.81. The second-order valence-corrected chi connectivity index (χ2v) is 14.3. The van der Waals surface area contributed by atoms with E-state index < -0.39 is 0 Å². The number of aromatic nitrogens is 2. The summed E-state index contributed by atoms with van der Waals surface area (Å²) in [5.41, 5.74) is 14.0. The van der Waals surface area contributed by atoms with Crippen molar-refractivity contribution in [2.75, 3.05) is 0 Å². The van der Waals surface area contributed by atoms with E-state index in [1.165, 1.54) is 59.3 Å². The Morgan fingerprint density at radius 1 is 0.420 bits per heavy atom. The molecule has 1 spiro atoms. The van der Waals surface area contributed by atoms with E-state index in [2.05, 4.69) is 170 Å². The summed E-state index contributed by atoms with van der Waals surface area (Å²) in [6.45, 7) is 0. The second kappa shape index (κ2) is 10.4. The summed E-state index contributed by atoms with van der Waals surface area (Å²) in [4.78, 5) is 11.9. The van der Waals surface area contributed by atoms with Crippen molar-refractivity contribution in [2.45, 2.75) is 5.41 Å². The predicted molar refractivity (Wildman–Crippen MR) is 208 cm³/mol. The number of hydrogen-bond acceptors (Lipinski definition) is 3. The summed E-state index contributed by atoms with van der Waals surface area (Å²) in [6.07, 6.45) is 0. The molecule has 0 saturated carbocycles. The first-order valence-corrected chi connectivity index (χ1v) is 17.9. The first kappa shape index (κ1) is 27.8. The fraction of sp³-hybridized carbons (Fsp3) is 0.0213. The van der Waals surface area contributed by atoms with Crippen molar-refractivity contribution in [3.05, 3.63) is 191 Å². The van der Waals surface area contributed by atoms with Gasteiger partial charge < -0.3 is 0 Å². The highest BCUT2D eigenvalue weighted by molar-refractivity contribution is 7.20. The van der Waals surface area contributed by atoms with Crippen molar-refractivity contribution in [1.29, 1.82) is 0 Å². The normalized spacial score (nSPS) is 13.4. The zero-order chi connectivity index (χ0) is 32.8. The van der Waals surface area contributed by atoms with Gasteiger partial charge in [-0.25, -0.2) is 9.97 Å². The summed E-state index contributed by atoms with van der Waals surface area (Å²) in [7, 11) is 0. The Balaban J connectivity index is 1.20. The molecule has 0 radical (unpaired) electrons. The molecule has 9 aromatic rings. The van der Waals surface area contributed by atoms with Crippen LogP contribution in [0.1, 0.15) is 21.6 Å². The lowest BCUT2D eigenvalue weighted by atomic mass is 9.74. The molecule has 2 aliphatic rings. The van der Waals surface area contributed by atoms with Crippen molar-refractivity contribution in [3.63, 3.8) is 0 Å². The molecule has 7 aromatic carbocycles. The topological polar surface area (TPSA) is 25.8 Å². The number of benzene rings is 7. The Labute approximate surface area is 294 Å². The van der Waals surface area contributed by atoms with Crippen molar-refractivity contribution < 1.29 is 0 Å². The lowest BCUT2D eigenvalue weighted by molar-refractivity contribution is 0.812. The van der Waals surface area contributed by atoms with Crippen LogP contribution in [0.3, 0.4) is 0 Å². The van der Waals surface area contributed by atoms with E-state index in [0.29, 0.717) is 0 Å². The van der Waals surface area contributed by atoms with E-state index in [4.69, 9.17) is 9.97 Å². The zero-order valence-corrected chi connectivity index (χ0v) is 27.8. The Morgan fingerprint density at radius 3 is 1.82 bits per heavy atom. The van der Waals surface area contributed by atoms with Crippen LogP contribution in [0.25, 0.3) is 77.0 Å². The van der Waals surface area contributed by atoms with Crippen molar-refractivity contribution >= 4 is 32.2 Å². The Morgan fingerprint density at radius 2 is 1.02 bits per heavy atom. The molecule has 50 heavy (non-hydrogen) atoms. The second-order valence-electron chi connectivity index (χ2n) is 13.3. The minimum atomic E-state index is -0.366. The number of rotatable bonds is 3. The summed E-state index contributed by atoms with van der Waals surface area (Å²) in [5.74, 6) is 0.732. The number of nitrogens with zero attached hydrogens (tertiary/aromatic N) is 2. The van der Waals surface area contributed by atoms with Gasteiger partial charge >= 0.3 is 0 Å². The van der Waals surface area contributed by atoms with Crippen LogP contribution in [0.2, 0.25) is 0 Å². The highest BCUT2D eigenvalue weighted by Crippen LogP contribution is 2.66. The third-order valence-corrected chi connectivity index (χ3v) is 12.0. The van der Waals surface area contributed by atoms with Crippen LogP contribution in [0, 0.1) is 0 Å². The maximum Gasteiger partial charge on any atom is 0.161 e. The Kier molecular flexibility index (Phi) is 5.78. The summed E-state index contributed by atoms with van der Waals surface area (Å²) >= 11 is 1.94. The van der Waals surface area contributed by atoms with E-state index in [9.17, 15) is 0 Å². The molecular formula is C47H28N2S. The number of fused-ring (bicyclic) bond motifs is 13. The predicted octanol–water partition coefficient (Wildman–Crippen LogP) is 12.2. The van der Waals surface area contributed by atoms with E-state index in [0.717, 1.165) is 39.3 Å². The lowest BCUT2D eigenvalue weighted by Crippen LogP contribution is -2.24. The molecule has 0 unspecified atom stereocenters. The van der Waals surface area contributed by atoms with Gasteiger partial charge in [0.1, 0.15) is 0 Å². The van der Waals surface area contributed by atoms with Crippen molar-refractivity contribution in [1.82, 2.24) is 9.97 Å². The minimum Gasteiger partial charge on any atom is -0.228 e. The maximum atomic E-state index is 5.33. The van der Waals surface area contributed by atoms with Crippen LogP contribution in [-0.4, -0.2) is 9.97 Å². The van der Waals surface area contributed by atoms with Gasteiger partial charge in [0.05, 0.1) is 16.8 Å². The van der Waals surface area contributed by atoms with E-state index in [1.807, 2.05) is 11.3 Å². The minimum absolute atomic E-state index is 0.366. The maximum absolute atomic E-state index is 5.33. The lowest BCUT2D eigenvalue weighted by Gasteiger charge is -2.29. The van der Waals surface area contributed by atoms with Gasteiger partial charge in [0.25, 0.3) is 0 Å². The summed E-state index contributed by atoms with van der Waals surface area (Å²) in [6, 6.07) is 61.5. The molecule has 11 rings (SSSR count). The van der Waals surface area contributed by atoms with Gasteiger partial charge in [-0.05, 0) is 62.4 Å². The highest BCUT2D eigenvalue weighted by atomic mass is 32.1. The third kappa shape index (κ3) is 3.73. The van der Waals surface area contributed by atoms with Crippen LogP contribution in [0.15, 0.2) is 170 Å². The fourth-order valence-electron chi connectivity index (χ4n) is 8.60. The van der Waals surface area contributed by atoms with Crippen LogP contribution < -0.4 is 0 Å². The molecule has 3 heteroatoms. The van der Waals surface area contributed by atoms with E-state index in [1.54, 1.807) is 0 Å². The molecule has 0 atom stereocenters. The van der Waals surface area contributed by atoms with Gasteiger partial charge in [-0.15, -0.1) is 11.3 Å². The first-order valence-electron chi connectivity index (χ1n) is 17.1. The standard InChI is InChI=1S/C47H28N2S/c1-2-14-30(15-3-1)41-28-42(49-46(48-41)35-21-12-16-29-13-4-5-17-32(29)35)31-25-26-40-37(27-31)44-36-20-8-11-24-43(36)50-45(44)47(40)38-22-9-6-18-33(38)34-19-7-10-23-39(34)47/h1-28H. The average molecular weight is 653 g/mol. The fourth-order valence-corrected chi connectivity index (χ4v) is 10.1. The van der Waals surface area contributed by atoms with Gasteiger partial charge in [0.15, 0.2) is 5.82 Å². The molecule has 2 aromatic heterocycles. The highest BCUT2D eigenvalue weighted by Gasteiger charge is 2.53. The molecular weight excluding hydrogens is 625 g/mol. The molecule has 0 aliphatic heterocycles. The molecule has 0 bridgehead atoms. The van der Waals surface area contributed by atoms with Gasteiger partial charge in [0, 0.05) is 37.2 Å². The monoisotopic (exact) mass is 652 g/mol. The number of thiophene rings is 1. The molecule has 0 N–H and O–H groups in total. The Bertz CT molecular complexity index is 2780. The van der Waals surface area contributed by atoms with Gasteiger partial charge in [-0.3, -0.25) is 0 Å². The first-order chi connectivity index (χ1) is 24.8. The summed E-state index contributed by atoms with van der Waals surface area (Å²) < 4.78 is 1.32. The van der Waals surface area contributed by atoms with Crippen LogP contribution in [0.4, 0.5) is 0 Å². The molecule has 2 heterocycles. The Hall–Kier alpha value is -6.16. The third-order valence-electron chi connectivity index (χ3n) is 10.7. The zero-order valence-electron chi connectivity index (χ0n) is 27.0. The van der Waals surface area contributed by atoms with Crippen molar-refractivity contribution in [3.8, 4) is 56.2 Å².